The molecule has 14 heavy (non-hydrogen) atoms. The van der Waals surface area contributed by atoms with Gasteiger partial charge in [0.15, 0.2) is 11.6 Å². The Labute approximate surface area is 86.0 Å². The average Bonchev–Trinajstić information content (AvgIpc) is 2.18. The number of aryl methyl sites for hydroxylation is 1. The second kappa shape index (κ2) is 3.67. The number of rotatable bonds is 1. The monoisotopic (exact) mass is 206 g/mol. The Morgan fingerprint density at radius 1 is 1.07 bits per heavy atom. The van der Waals surface area contributed by atoms with Gasteiger partial charge in [0.1, 0.15) is 5.15 Å². The predicted molar refractivity (Wildman–Crippen MR) is 52.8 cm³/mol. The van der Waals surface area contributed by atoms with Crippen LogP contribution in [0.4, 0.5) is 0 Å². The van der Waals surface area contributed by atoms with E-state index in [1.54, 1.807) is 24.5 Å². The smallest absolute Gasteiger partial charge is 0.199 e. The van der Waals surface area contributed by atoms with Gasteiger partial charge in [-0.15, -0.1) is 0 Å². The lowest BCUT2D eigenvalue weighted by molar-refractivity contribution is 1.05. The second-order valence-electron chi connectivity index (χ2n) is 2.73. The maximum Gasteiger partial charge on any atom is 0.199 e. The molecule has 4 nitrogen and oxygen atoms in total. The van der Waals surface area contributed by atoms with Crippen LogP contribution in [0.2, 0.25) is 5.15 Å². The highest BCUT2D eigenvalue weighted by atomic mass is 35.5. The van der Waals surface area contributed by atoms with E-state index in [2.05, 4.69) is 19.9 Å². The number of aromatic nitrogens is 4. The summed E-state index contributed by atoms with van der Waals surface area (Å²) < 4.78 is 0. The van der Waals surface area contributed by atoms with E-state index in [4.69, 9.17) is 11.6 Å². The third-order valence-electron chi connectivity index (χ3n) is 1.59. The summed E-state index contributed by atoms with van der Waals surface area (Å²) in [5.41, 5.74) is 0.799. The zero-order valence-electron chi connectivity index (χ0n) is 7.48. The molecule has 0 radical (unpaired) electrons. The third-order valence-corrected chi connectivity index (χ3v) is 1.78. The predicted octanol–water partition coefficient (Wildman–Crippen LogP) is 1.90. The average molecular weight is 207 g/mol. The fourth-order valence-corrected chi connectivity index (χ4v) is 1.28. The standard InChI is InChI=1S/C9H7ClN4/c1-6-5-7(10)14-9(13-6)8-11-3-2-4-12-8/h2-5H,1H3. The molecule has 0 saturated heterocycles. The minimum atomic E-state index is 0.403. The summed E-state index contributed by atoms with van der Waals surface area (Å²) in [6.45, 7) is 1.85. The SMILES string of the molecule is Cc1cc(Cl)nc(-c2ncccn2)n1. The summed E-state index contributed by atoms with van der Waals surface area (Å²) in [6, 6.07) is 3.43. The molecule has 0 aromatic carbocycles. The molecule has 2 aromatic rings. The Hall–Kier alpha value is -1.55. The van der Waals surface area contributed by atoms with Gasteiger partial charge < -0.3 is 0 Å². The van der Waals surface area contributed by atoms with Crippen LogP contribution in [0.25, 0.3) is 11.6 Å². The van der Waals surface area contributed by atoms with Crippen LogP contribution in [0.5, 0.6) is 0 Å². The molecule has 2 rings (SSSR count). The normalized spacial score (nSPS) is 10.1. The van der Waals surface area contributed by atoms with E-state index in [9.17, 15) is 0 Å². The molecule has 0 fully saturated rings. The fourth-order valence-electron chi connectivity index (χ4n) is 1.04. The molecule has 0 amide bonds. The van der Waals surface area contributed by atoms with Crippen LogP contribution in [0, 0.1) is 6.92 Å². The van der Waals surface area contributed by atoms with Gasteiger partial charge in [0.2, 0.25) is 0 Å². The Bertz CT molecular complexity index is 424. The summed E-state index contributed by atoms with van der Waals surface area (Å²) >= 11 is 5.79. The molecule has 0 aliphatic carbocycles. The zero-order valence-corrected chi connectivity index (χ0v) is 8.23. The van der Waals surface area contributed by atoms with E-state index in [1.807, 2.05) is 6.92 Å². The molecular formula is C9H7ClN4. The molecule has 2 heterocycles. The van der Waals surface area contributed by atoms with Gasteiger partial charge in [-0.2, -0.15) is 0 Å². The summed E-state index contributed by atoms with van der Waals surface area (Å²) in [5.74, 6) is 0.939. The van der Waals surface area contributed by atoms with Crippen LogP contribution < -0.4 is 0 Å². The summed E-state index contributed by atoms with van der Waals surface area (Å²) in [7, 11) is 0. The van der Waals surface area contributed by atoms with Crippen molar-refractivity contribution >= 4 is 11.6 Å². The zero-order chi connectivity index (χ0) is 9.97. The van der Waals surface area contributed by atoms with Crippen molar-refractivity contribution in [2.24, 2.45) is 0 Å². The van der Waals surface area contributed by atoms with Gasteiger partial charge in [-0.1, -0.05) is 11.6 Å². The lowest BCUT2D eigenvalue weighted by atomic mass is 10.4. The molecule has 70 valence electrons. The van der Waals surface area contributed by atoms with Crippen LogP contribution in [-0.4, -0.2) is 19.9 Å². The molecule has 2 aromatic heterocycles. The Morgan fingerprint density at radius 3 is 2.43 bits per heavy atom. The highest BCUT2D eigenvalue weighted by Crippen LogP contribution is 2.12. The minimum Gasteiger partial charge on any atom is -0.234 e. The molecule has 0 aliphatic heterocycles. The van der Waals surface area contributed by atoms with Crippen molar-refractivity contribution in [2.75, 3.05) is 0 Å². The van der Waals surface area contributed by atoms with E-state index in [-0.39, 0.29) is 0 Å². The topological polar surface area (TPSA) is 51.6 Å². The van der Waals surface area contributed by atoms with Gasteiger partial charge in [-0.05, 0) is 19.1 Å². The van der Waals surface area contributed by atoms with Gasteiger partial charge in [0, 0.05) is 18.1 Å². The summed E-state index contributed by atoms with van der Waals surface area (Å²) in [4.78, 5) is 16.3. The van der Waals surface area contributed by atoms with Crippen LogP contribution in [0.1, 0.15) is 5.69 Å². The summed E-state index contributed by atoms with van der Waals surface area (Å²) in [6.07, 6.45) is 3.28. The van der Waals surface area contributed by atoms with Crippen LogP contribution >= 0.6 is 11.6 Å². The number of hydrogen-bond donors (Lipinski definition) is 0. The number of nitrogens with zero attached hydrogens (tertiary/aromatic N) is 4. The first-order chi connectivity index (χ1) is 6.75. The molecule has 0 aliphatic rings. The summed E-state index contributed by atoms with van der Waals surface area (Å²) in [5, 5.41) is 0.403. The fraction of sp³-hybridized carbons (Fsp3) is 0.111. The van der Waals surface area contributed by atoms with Crippen molar-refractivity contribution < 1.29 is 0 Å². The molecular weight excluding hydrogens is 200 g/mol. The lowest BCUT2D eigenvalue weighted by Crippen LogP contribution is -1.95. The molecule has 0 bridgehead atoms. The number of hydrogen-bond acceptors (Lipinski definition) is 4. The Balaban J connectivity index is 2.52. The van der Waals surface area contributed by atoms with Crippen molar-refractivity contribution in [3.05, 3.63) is 35.4 Å². The van der Waals surface area contributed by atoms with Crippen molar-refractivity contribution in [3.63, 3.8) is 0 Å². The molecule has 5 heteroatoms. The molecule has 0 atom stereocenters. The first-order valence-electron chi connectivity index (χ1n) is 4.04. The first kappa shape index (κ1) is 9.02. The maximum atomic E-state index is 5.79. The van der Waals surface area contributed by atoms with Gasteiger partial charge in [0.25, 0.3) is 0 Å². The van der Waals surface area contributed by atoms with E-state index < -0.39 is 0 Å². The van der Waals surface area contributed by atoms with E-state index in [1.165, 1.54) is 0 Å². The van der Waals surface area contributed by atoms with Crippen LogP contribution in [0.15, 0.2) is 24.5 Å². The van der Waals surface area contributed by atoms with E-state index in [0.717, 1.165) is 5.69 Å². The third kappa shape index (κ3) is 1.85. The van der Waals surface area contributed by atoms with E-state index >= 15 is 0 Å². The largest absolute Gasteiger partial charge is 0.234 e. The second-order valence-corrected chi connectivity index (χ2v) is 3.12. The first-order valence-corrected chi connectivity index (χ1v) is 4.42. The van der Waals surface area contributed by atoms with E-state index in [0.29, 0.717) is 16.8 Å². The molecule has 0 unspecified atom stereocenters. The van der Waals surface area contributed by atoms with Gasteiger partial charge >= 0.3 is 0 Å². The van der Waals surface area contributed by atoms with Crippen LogP contribution in [0.3, 0.4) is 0 Å². The Kier molecular flexibility index (Phi) is 2.37. The van der Waals surface area contributed by atoms with Crippen molar-refractivity contribution in [1.82, 2.24) is 19.9 Å². The molecule has 0 N–H and O–H groups in total. The molecule has 0 spiro atoms. The van der Waals surface area contributed by atoms with Crippen molar-refractivity contribution in [1.29, 1.82) is 0 Å². The quantitative estimate of drug-likeness (QED) is 0.669. The van der Waals surface area contributed by atoms with Gasteiger partial charge in [-0.25, -0.2) is 19.9 Å². The highest BCUT2D eigenvalue weighted by Gasteiger charge is 2.05. The van der Waals surface area contributed by atoms with Crippen LogP contribution in [-0.2, 0) is 0 Å². The molecule has 0 saturated carbocycles. The van der Waals surface area contributed by atoms with Crippen molar-refractivity contribution in [3.8, 4) is 11.6 Å². The number of halogens is 1. The minimum absolute atomic E-state index is 0.403. The van der Waals surface area contributed by atoms with Gasteiger partial charge in [0.05, 0.1) is 0 Å². The van der Waals surface area contributed by atoms with Gasteiger partial charge in [-0.3, -0.25) is 0 Å². The maximum absolute atomic E-state index is 5.79. The highest BCUT2D eigenvalue weighted by molar-refractivity contribution is 6.29. The lowest BCUT2D eigenvalue weighted by Gasteiger charge is -1.99. The Morgan fingerprint density at radius 2 is 1.79 bits per heavy atom. The van der Waals surface area contributed by atoms with Crippen molar-refractivity contribution in [2.45, 2.75) is 6.92 Å².